The summed E-state index contributed by atoms with van der Waals surface area (Å²) in [5.74, 6) is -0.833. The molecular weight excluding hydrogens is 338 g/mol. The van der Waals surface area contributed by atoms with Gasteiger partial charge in [-0.3, -0.25) is 9.59 Å². The number of primary amides is 2. The fourth-order valence-corrected chi connectivity index (χ4v) is 2.12. The van der Waals surface area contributed by atoms with E-state index in [1.807, 2.05) is 24.3 Å². The van der Waals surface area contributed by atoms with E-state index in [9.17, 15) is 9.59 Å². The van der Waals surface area contributed by atoms with Crippen LogP contribution < -0.4 is 17.2 Å². The standard InChI is InChI=1S/C18H29N3O5/c19-16(5-6-17(20)22)12-26-11-15-3-1-14(2-4-15)7-8-24-9-10-25-13-18(21)23/h1-4,16H,5-13,19H2,(H2,20,22)(H2,21,23)/t16-/m0/s1. The van der Waals surface area contributed by atoms with Gasteiger partial charge in [0.25, 0.3) is 0 Å². The highest BCUT2D eigenvalue weighted by molar-refractivity contribution is 5.75. The van der Waals surface area contributed by atoms with Gasteiger partial charge < -0.3 is 31.4 Å². The second kappa shape index (κ2) is 13.2. The molecule has 0 aliphatic heterocycles. The Morgan fingerprint density at radius 1 is 0.885 bits per heavy atom. The van der Waals surface area contributed by atoms with E-state index in [1.54, 1.807) is 0 Å². The number of amides is 2. The smallest absolute Gasteiger partial charge is 0.243 e. The van der Waals surface area contributed by atoms with Gasteiger partial charge >= 0.3 is 0 Å². The van der Waals surface area contributed by atoms with Crippen molar-refractivity contribution in [2.24, 2.45) is 17.2 Å². The highest BCUT2D eigenvalue weighted by atomic mass is 16.5. The number of carbonyl (C=O) groups excluding carboxylic acids is 2. The molecule has 146 valence electrons. The second-order valence-corrected chi connectivity index (χ2v) is 5.98. The van der Waals surface area contributed by atoms with Crippen LogP contribution in [-0.2, 0) is 36.8 Å². The first kappa shape index (κ1) is 22.0. The number of benzene rings is 1. The van der Waals surface area contributed by atoms with Gasteiger partial charge in [0.1, 0.15) is 6.61 Å². The summed E-state index contributed by atoms with van der Waals surface area (Å²) < 4.78 is 16.0. The normalized spacial score (nSPS) is 12.0. The summed E-state index contributed by atoms with van der Waals surface area (Å²) in [6.07, 6.45) is 1.59. The monoisotopic (exact) mass is 367 g/mol. The molecule has 26 heavy (non-hydrogen) atoms. The van der Waals surface area contributed by atoms with Crippen LogP contribution in [0.2, 0.25) is 0 Å². The number of carbonyl (C=O) groups is 2. The summed E-state index contributed by atoms with van der Waals surface area (Å²) in [6.45, 7) is 2.13. The van der Waals surface area contributed by atoms with E-state index < -0.39 is 5.91 Å². The molecule has 6 N–H and O–H groups in total. The van der Waals surface area contributed by atoms with Gasteiger partial charge in [0.2, 0.25) is 11.8 Å². The van der Waals surface area contributed by atoms with E-state index in [1.165, 1.54) is 0 Å². The van der Waals surface area contributed by atoms with Gasteiger partial charge in [0.15, 0.2) is 0 Å². The van der Waals surface area contributed by atoms with Crippen LogP contribution in [-0.4, -0.2) is 50.9 Å². The van der Waals surface area contributed by atoms with Crippen molar-refractivity contribution in [3.05, 3.63) is 35.4 Å². The lowest BCUT2D eigenvalue weighted by atomic mass is 10.1. The summed E-state index contributed by atoms with van der Waals surface area (Å²) in [4.78, 5) is 21.2. The van der Waals surface area contributed by atoms with Crippen molar-refractivity contribution in [1.82, 2.24) is 0 Å². The molecule has 0 radical (unpaired) electrons. The molecule has 0 aromatic heterocycles. The average molecular weight is 367 g/mol. The van der Waals surface area contributed by atoms with E-state index in [-0.39, 0.29) is 25.0 Å². The van der Waals surface area contributed by atoms with Gasteiger partial charge in [-0.05, 0) is 24.0 Å². The zero-order chi connectivity index (χ0) is 19.2. The van der Waals surface area contributed by atoms with Crippen molar-refractivity contribution in [3.63, 3.8) is 0 Å². The Morgan fingerprint density at radius 3 is 2.19 bits per heavy atom. The average Bonchev–Trinajstić information content (AvgIpc) is 2.60. The Hall–Kier alpha value is -2.00. The maximum atomic E-state index is 10.7. The minimum atomic E-state index is -0.485. The third kappa shape index (κ3) is 11.5. The van der Waals surface area contributed by atoms with Crippen molar-refractivity contribution in [1.29, 1.82) is 0 Å². The second-order valence-electron chi connectivity index (χ2n) is 5.98. The highest BCUT2D eigenvalue weighted by Crippen LogP contribution is 2.07. The summed E-state index contributed by atoms with van der Waals surface area (Å²) in [5, 5.41) is 0. The lowest BCUT2D eigenvalue weighted by Crippen LogP contribution is -2.28. The fraction of sp³-hybridized carbons (Fsp3) is 0.556. The molecule has 2 amide bonds. The molecular formula is C18H29N3O5. The summed E-state index contributed by atoms with van der Waals surface area (Å²) in [6, 6.07) is 7.86. The van der Waals surface area contributed by atoms with E-state index >= 15 is 0 Å². The largest absolute Gasteiger partial charge is 0.379 e. The first-order chi connectivity index (χ1) is 12.5. The first-order valence-electron chi connectivity index (χ1n) is 8.60. The Morgan fingerprint density at radius 2 is 1.54 bits per heavy atom. The molecule has 1 atom stereocenters. The summed E-state index contributed by atoms with van der Waals surface area (Å²) in [7, 11) is 0. The van der Waals surface area contributed by atoms with Crippen LogP contribution in [0.1, 0.15) is 24.0 Å². The minimum Gasteiger partial charge on any atom is -0.379 e. The number of ether oxygens (including phenoxy) is 3. The molecule has 0 unspecified atom stereocenters. The molecule has 0 saturated carbocycles. The minimum absolute atomic E-state index is 0.0804. The van der Waals surface area contributed by atoms with Crippen LogP contribution in [0.15, 0.2) is 24.3 Å². The topological polar surface area (TPSA) is 140 Å². The molecule has 0 heterocycles. The zero-order valence-electron chi connectivity index (χ0n) is 15.0. The Balaban J connectivity index is 2.11. The van der Waals surface area contributed by atoms with Gasteiger partial charge in [-0.2, -0.15) is 0 Å². The predicted molar refractivity (Wildman–Crippen MR) is 97.0 cm³/mol. The molecule has 1 aromatic rings. The Kier molecular flexibility index (Phi) is 11.2. The molecule has 0 saturated heterocycles. The molecule has 0 aliphatic carbocycles. The Labute approximate surface area is 153 Å². The third-order valence-corrected chi connectivity index (χ3v) is 3.54. The molecule has 0 spiro atoms. The van der Waals surface area contributed by atoms with E-state index in [0.29, 0.717) is 39.5 Å². The van der Waals surface area contributed by atoms with Crippen molar-refractivity contribution >= 4 is 11.8 Å². The predicted octanol–water partition coefficient (Wildman–Crippen LogP) is -0.143. The van der Waals surface area contributed by atoms with E-state index in [2.05, 4.69) is 0 Å². The maximum Gasteiger partial charge on any atom is 0.243 e. The van der Waals surface area contributed by atoms with Crippen LogP contribution in [0.25, 0.3) is 0 Å². The molecule has 0 fully saturated rings. The zero-order valence-corrected chi connectivity index (χ0v) is 15.0. The maximum absolute atomic E-state index is 10.7. The number of nitrogens with two attached hydrogens (primary N) is 3. The van der Waals surface area contributed by atoms with Crippen LogP contribution in [0.3, 0.4) is 0 Å². The van der Waals surface area contributed by atoms with Crippen molar-refractivity contribution in [2.75, 3.05) is 33.0 Å². The fourth-order valence-electron chi connectivity index (χ4n) is 2.12. The summed E-state index contributed by atoms with van der Waals surface area (Å²) >= 11 is 0. The van der Waals surface area contributed by atoms with Gasteiger partial charge in [-0.1, -0.05) is 24.3 Å². The molecule has 0 bridgehead atoms. The van der Waals surface area contributed by atoms with Crippen LogP contribution in [0, 0.1) is 0 Å². The number of rotatable bonds is 15. The summed E-state index contributed by atoms with van der Waals surface area (Å²) in [5.41, 5.74) is 18.1. The van der Waals surface area contributed by atoms with Crippen LogP contribution >= 0.6 is 0 Å². The van der Waals surface area contributed by atoms with Gasteiger partial charge in [0, 0.05) is 12.5 Å². The van der Waals surface area contributed by atoms with Crippen LogP contribution in [0.5, 0.6) is 0 Å². The van der Waals surface area contributed by atoms with E-state index in [0.717, 1.165) is 17.5 Å². The number of hydrogen-bond acceptors (Lipinski definition) is 6. The molecule has 1 rings (SSSR count). The first-order valence-corrected chi connectivity index (χ1v) is 8.60. The molecule has 8 heteroatoms. The number of hydrogen-bond donors (Lipinski definition) is 3. The quantitative estimate of drug-likeness (QED) is 0.369. The molecule has 1 aromatic carbocycles. The Bertz CT molecular complexity index is 536. The van der Waals surface area contributed by atoms with Gasteiger partial charge in [-0.15, -0.1) is 0 Å². The van der Waals surface area contributed by atoms with Gasteiger partial charge in [-0.25, -0.2) is 0 Å². The molecule has 8 nitrogen and oxygen atoms in total. The lowest BCUT2D eigenvalue weighted by molar-refractivity contribution is -0.123. The lowest BCUT2D eigenvalue weighted by Gasteiger charge is -2.11. The third-order valence-electron chi connectivity index (χ3n) is 3.54. The van der Waals surface area contributed by atoms with E-state index in [4.69, 9.17) is 31.4 Å². The van der Waals surface area contributed by atoms with Crippen molar-refractivity contribution < 1.29 is 23.8 Å². The van der Waals surface area contributed by atoms with Crippen LogP contribution in [0.4, 0.5) is 0 Å². The molecule has 0 aliphatic rings. The van der Waals surface area contributed by atoms with Crippen molar-refractivity contribution in [3.8, 4) is 0 Å². The van der Waals surface area contributed by atoms with Gasteiger partial charge in [0.05, 0.1) is 33.0 Å². The van der Waals surface area contributed by atoms with Crippen molar-refractivity contribution in [2.45, 2.75) is 31.9 Å². The SMILES string of the molecule is NC(=O)CC[C@H](N)COCc1ccc(CCOCCOCC(N)=O)cc1. The highest BCUT2D eigenvalue weighted by Gasteiger charge is 2.05.